The van der Waals surface area contributed by atoms with Crippen molar-refractivity contribution < 1.29 is 14.7 Å². The van der Waals surface area contributed by atoms with Crippen molar-refractivity contribution in [2.75, 3.05) is 36.9 Å². The van der Waals surface area contributed by atoms with Crippen molar-refractivity contribution >= 4 is 35.5 Å². The third kappa shape index (κ3) is 3.72. The lowest BCUT2D eigenvalue weighted by atomic mass is 9.90. The minimum atomic E-state index is -0.818. The van der Waals surface area contributed by atoms with Crippen LogP contribution < -0.4 is 5.32 Å². The largest absolute Gasteiger partial charge is 0.481 e. The molecule has 2 N–H and O–H groups in total. The third-order valence-electron chi connectivity index (χ3n) is 3.64. The van der Waals surface area contributed by atoms with Gasteiger partial charge in [-0.2, -0.15) is 23.5 Å². The van der Waals surface area contributed by atoms with Gasteiger partial charge in [-0.25, -0.2) is 4.79 Å². The molecule has 2 unspecified atom stereocenters. The van der Waals surface area contributed by atoms with Crippen LogP contribution >= 0.6 is 23.5 Å². The maximum absolute atomic E-state index is 12.0. The van der Waals surface area contributed by atoms with Gasteiger partial charge < -0.3 is 15.3 Å². The number of thioether (sulfide) groups is 2. The van der Waals surface area contributed by atoms with Crippen LogP contribution in [0.5, 0.6) is 0 Å². The summed E-state index contributed by atoms with van der Waals surface area (Å²) in [4.78, 5) is 24.8. The van der Waals surface area contributed by atoms with Gasteiger partial charge in [0.1, 0.15) is 0 Å². The topological polar surface area (TPSA) is 69.6 Å². The van der Waals surface area contributed by atoms with E-state index in [2.05, 4.69) is 5.32 Å². The van der Waals surface area contributed by atoms with E-state index in [0.29, 0.717) is 31.3 Å². The predicted octanol–water partition coefficient (Wildman–Crippen LogP) is 1.34. The Morgan fingerprint density at radius 1 is 1.47 bits per heavy atom. The van der Waals surface area contributed by atoms with Crippen molar-refractivity contribution in [3.05, 3.63) is 0 Å². The van der Waals surface area contributed by atoms with Crippen LogP contribution in [0, 0.1) is 5.41 Å². The second kappa shape index (κ2) is 6.26. The number of likely N-dealkylation sites (tertiary alicyclic amines) is 1. The fraction of sp³-hybridized carbons (Fsp3) is 0.833. The van der Waals surface area contributed by atoms with Crippen LogP contribution in [0.1, 0.15) is 13.3 Å². The summed E-state index contributed by atoms with van der Waals surface area (Å²) in [6.45, 7) is 3.22. The Labute approximate surface area is 121 Å². The van der Waals surface area contributed by atoms with Gasteiger partial charge >= 0.3 is 12.0 Å². The highest BCUT2D eigenvalue weighted by Crippen LogP contribution is 2.30. The minimum Gasteiger partial charge on any atom is -0.481 e. The zero-order chi connectivity index (χ0) is 13.9. The van der Waals surface area contributed by atoms with Crippen LogP contribution in [0.15, 0.2) is 0 Å². The zero-order valence-corrected chi connectivity index (χ0v) is 12.7. The molecule has 0 aromatic carbocycles. The number of rotatable bonds is 3. The summed E-state index contributed by atoms with van der Waals surface area (Å²) in [5, 5.41) is 12.6. The second-order valence-electron chi connectivity index (χ2n) is 5.29. The number of aliphatic carboxylic acids is 1. The monoisotopic (exact) mass is 304 g/mol. The summed E-state index contributed by atoms with van der Waals surface area (Å²) in [7, 11) is 0. The van der Waals surface area contributed by atoms with Gasteiger partial charge in [-0.1, -0.05) is 0 Å². The van der Waals surface area contributed by atoms with Crippen molar-refractivity contribution in [2.45, 2.75) is 18.6 Å². The van der Waals surface area contributed by atoms with E-state index in [-0.39, 0.29) is 6.03 Å². The van der Waals surface area contributed by atoms with Crippen LogP contribution in [0.2, 0.25) is 0 Å². The number of hydrogen-bond donors (Lipinski definition) is 2. The molecular weight excluding hydrogens is 284 g/mol. The molecule has 0 aromatic rings. The lowest BCUT2D eigenvalue weighted by Crippen LogP contribution is -2.43. The second-order valence-corrected chi connectivity index (χ2v) is 7.85. The standard InChI is InChI=1S/C12H20N2O3S2/c1-12(10(15)16)2-3-14(8-12)11(17)13-6-9-7-18-4-5-19-9/h9H,2-8H2,1H3,(H,13,17)(H,15,16). The van der Waals surface area contributed by atoms with E-state index in [0.717, 1.165) is 11.5 Å². The number of carboxylic acids is 1. The number of amides is 2. The molecule has 2 rings (SSSR count). The van der Waals surface area contributed by atoms with Crippen molar-refractivity contribution in [2.24, 2.45) is 5.41 Å². The summed E-state index contributed by atoms with van der Waals surface area (Å²) in [6.07, 6.45) is 0.532. The summed E-state index contributed by atoms with van der Waals surface area (Å²) in [5.41, 5.74) is -0.785. The number of carbonyl (C=O) groups excluding carboxylic acids is 1. The molecule has 108 valence electrons. The predicted molar refractivity (Wildman–Crippen MR) is 78.9 cm³/mol. The van der Waals surface area contributed by atoms with Crippen molar-refractivity contribution in [1.29, 1.82) is 0 Å². The fourth-order valence-corrected chi connectivity index (χ4v) is 4.89. The summed E-state index contributed by atoms with van der Waals surface area (Å²) < 4.78 is 0. The molecule has 0 radical (unpaired) electrons. The number of nitrogens with one attached hydrogen (secondary N) is 1. The highest BCUT2D eigenvalue weighted by molar-refractivity contribution is 8.06. The number of hydrogen-bond acceptors (Lipinski definition) is 4. The highest BCUT2D eigenvalue weighted by atomic mass is 32.2. The maximum Gasteiger partial charge on any atom is 0.317 e. The molecular formula is C12H20N2O3S2. The maximum atomic E-state index is 12.0. The Bertz CT molecular complexity index is 361. The van der Waals surface area contributed by atoms with E-state index < -0.39 is 11.4 Å². The first-order valence-corrected chi connectivity index (χ1v) is 8.67. The molecule has 0 spiro atoms. The fourth-order valence-electron chi connectivity index (χ4n) is 2.28. The Morgan fingerprint density at radius 3 is 2.84 bits per heavy atom. The highest BCUT2D eigenvalue weighted by Gasteiger charge is 2.42. The van der Waals surface area contributed by atoms with E-state index in [1.165, 1.54) is 5.75 Å². The smallest absolute Gasteiger partial charge is 0.317 e. The molecule has 2 saturated heterocycles. The first kappa shape index (κ1) is 14.8. The number of urea groups is 1. The van der Waals surface area contributed by atoms with Gasteiger partial charge in [-0.05, 0) is 13.3 Å². The van der Waals surface area contributed by atoms with E-state index >= 15 is 0 Å². The molecule has 7 heteroatoms. The Balaban J connectivity index is 1.76. The van der Waals surface area contributed by atoms with Gasteiger partial charge in [0.15, 0.2) is 0 Å². The Kier molecular flexibility index (Phi) is 4.89. The lowest BCUT2D eigenvalue weighted by Gasteiger charge is -2.24. The summed E-state index contributed by atoms with van der Waals surface area (Å²) in [5.74, 6) is 2.60. The first-order chi connectivity index (χ1) is 9.01. The number of carboxylic acid groups (broad SMARTS) is 1. The molecule has 2 fully saturated rings. The molecule has 5 nitrogen and oxygen atoms in total. The van der Waals surface area contributed by atoms with Crippen LogP contribution in [-0.2, 0) is 4.79 Å². The molecule has 2 aliphatic rings. The zero-order valence-electron chi connectivity index (χ0n) is 11.1. The molecule has 19 heavy (non-hydrogen) atoms. The normalized spacial score (nSPS) is 31.2. The SMILES string of the molecule is CC1(C(=O)O)CCN(C(=O)NCC2CSCCS2)C1. The quantitative estimate of drug-likeness (QED) is 0.823. The number of carbonyl (C=O) groups is 2. The third-order valence-corrected chi connectivity index (χ3v) is 6.49. The van der Waals surface area contributed by atoms with Gasteiger partial charge in [-0.3, -0.25) is 4.79 Å². The average Bonchev–Trinajstić information content (AvgIpc) is 2.81. The van der Waals surface area contributed by atoms with Crippen molar-refractivity contribution in [1.82, 2.24) is 10.2 Å². The van der Waals surface area contributed by atoms with Gasteiger partial charge in [0.25, 0.3) is 0 Å². The van der Waals surface area contributed by atoms with Gasteiger partial charge in [0.2, 0.25) is 0 Å². The van der Waals surface area contributed by atoms with Crippen LogP contribution in [-0.4, -0.2) is 64.1 Å². The molecule has 2 amide bonds. The van der Waals surface area contributed by atoms with Gasteiger partial charge in [0.05, 0.1) is 5.41 Å². The number of nitrogens with zero attached hydrogens (tertiary/aromatic N) is 1. The van der Waals surface area contributed by atoms with Crippen molar-refractivity contribution in [3.8, 4) is 0 Å². The molecule has 0 aromatic heterocycles. The van der Waals surface area contributed by atoms with E-state index in [9.17, 15) is 9.59 Å². The van der Waals surface area contributed by atoms with E-state index in [4.69, 9.17) is 5.11 Å². The Hall–Kier alpha value is -0.560. The molecule has 0 bridgehead atoms. The van der Waals surface area contributed by atoms with Crippen molar-refractivity contribution in [3.63, 3.8) is 0 Å². The molecule has 0 aliphatic carbocycles. The van der Waals surface area contributed by atoms with Crippen LogP contribution in [0.25, 0.3) is 0 Å². The van der Waals surface area contributed by atoms with Gasteiger partial charge in [0, 0.05) is 42.1 Å². The van der Waals surface area contributed by atoms with E-state index in [1.54, 1.807) is 11.8 Å². The molecule has 2 heterocycles. The van der Waals surface area contributed by atoms with Crippen LogP contribution in [0.4, 0.5) is 4.79 Å². The van der Waals surface area contributed by atoms with E-state index in [1.807, 2.05) is 23.5 Å². The minimum absolute atomic E-state index is 0.124. The summed E-state index contributed by atoms with van der Waals surface area (Å²) >= 11 is 3.83. The Morgan fingerprint density at radius 2 is 2.26 bits per heavy atom. The first-order valence-electron chi connectivity index (χ1n) is 6.47. The lowest BCUT2D eigenvalue weighted by molar-refractivity contribution is -0.146. The average molecular weight is 304 g/mol. The van der Waals surface area contributed by atoms with Crippen LogP contribution in [0.3, 0.4) is 0 Å². The molecule has 2 aliphatic heterocycles. The molecule has 0 saturated carbocycles. The summed E-state index contributed by atoms with van der Waals surface area (Å²) in [6, 6.07) is -0.124. The van der Waals surface area contributed by atoms with Gasteiger partial charge in [-0.15, -0.1) is 0 Å². The molecule has 2 atom stereocenters.